The summed E-state index contributed by atoms with van der Waals surface area (Å²) in [5.41, 5.74) is 3.78. The van der Waals surface area contributed by atoms with Gasteiger partial charge in [-0.2, -0.15) is 17.5 Å². The number of ether oxygens (including phenoxy) is 1. The van der Waals surface area contributed by atoms with E-state index < -0.39 is 21.8 Å². The van der Waals surface area contributed by atoms with Gasteiger partial charge < -0.3 is 15.4 Å². The lowest BCUT2D eigenvalue weighted by atomic mass is 9.75. The van der Waals surface area contributed by atoms with Gasteiger partial charge in [0.1, 0.15) is 5.82 Å². The van der Waals surface area contributed by atoms with Crippen molar-refractivity contribution in [2.45, 2.75) is 48.2 Å². The number of sulfonamides is 1. The van der Waals surface area contributed by atoms with Crippen molar-refractivity contribution >= 4 is 21.5 Å². The van der Waals surface area contributed by atoms with Gasteiger partial charge in [-0.15, -0.1) is 0 Å². The quantitative estimate of drug-likeness (QED) is 0.420. The van der Waals surface area contributed by atoms with Gasteiger partial charge in [-0.05, 0) is 78.8 Å². The number of hydrogen-bond donors (Lipinski definition) is 2. The van der Waals surface area contributed by atoms with E-state index in [-0.39, 0.29) is 16.4 Å². The van der Waals surface area contributed by atoms with Crippen LogP contribution in [-0.4, -0.2) is 56.6 Å². The summed E-state index contributed by atoms with van der Waals surface area (Å²) in [5, 5.41) is 6.66. The highest BCUT2D eigenvalue weighted by Gasteiger charge is 2.40. The Morgan fingerprint density at radius 3 is 2.33 bits per heavy atom. The Morgan fingerprint density at radius 1 is 0.975 bits per heavy atom. The Balaban J connectivity index is 1.10. The minimum Gasteiger partial charge on any atom is -0.384 e. The molecule has 0 bridgehead atoms. The van der Waals surface area contributed by atoms with Gasteiger partial charge in [0.2, 0.25) is 10.0 Å². The van der Waals surface area contributed by atoms with Gasteiger partial charge in [-0.25, -0.2) is 13.4 Å². The summed E-state index contributed by atoms with van der Waals surface area (Å²) >= 11 is 0. The molecule has 40 heavy (non-hydrogen) atoms. The van der Waals surface area contributed by atoms with Crippen LogP contribution < -0.4 is 10.6 Å². The molecule has 11 heteroatoms. The van der Waals surface area contributed by atoms with Gasteiger partial charge >= 0.3 is 6.18 Å². The Hall–Kier alpha value is -3.15. The molecule has 1 spiro atoms. The van der Waals surface area contributed by atoms with Crippen molar-refractivity contribution in [3.8, 4) is 11.1 Å². The second-order valence-corrected chi connectivity index (χ2v) is 12.7. The average molecular weight is 573 g/mol. The predicted octanol–water partition coefficient (Wildman–Crippen LogP) is 5.51. The molecule has 3 aromatic rings. The van der Waals surface area contributed by atoms with Gasteiger partial charge in [0.15, 0.2) is 0 Å². The standard InChI is InChI=1S/C29H31F3N4O3S/c30-29(31,32)22-4-8-27(33-18-22)35-23-9-13-36(14-10-23)40(37,38)24-5-1-20(2-6-24)21-3-7-26-25(17-21)28(19-34-26)11-15-39-16-12-28/h1-8,17-18,23,34H,9-16,19H2,(H,33,35). The minimum atomic E-state index is -4.43. The zero-order chi connectivity index (χ0) is 28.0. The van der Waals surface area contributed by atoms with Gasteiger partial charge in [0.05, 0.1) is 10.5 Å². The third-order valence-corrected chi connectivity index (χ3v) is 10.3. The molecule has 2 N–H and O–H groups in total. The fourth-order valence-electron chi connectivity index (χ4n) is 5.95. The number of anilines is 2. The van der Waals surface area contributed by atoms with Crippen LogP contribution >= 0.6 is 0 Å². The van der Waals surface area contributed by atoms with Crippen LogP contribution in [0.25, 0.3) is 11.1 Å². The molecule has 0 saturated carbocycles. The molecule has 0 aliphatic carbocycles. The maximum absolute atomic E-state index is 13.4. The van der Waals surface area contributed by atoms with E-state index in [4.69, 9.17) is 4.74 Å². The Bertz CT molecular complexity index is 1460. The molecular weight excluding hydrogens is 541 g/mol. The normalized spacial score (nSPS) is 19.8. The van der Waals surface area contributed by atoms with Gasteiger partial charge in [0, 0.05) is 56.2 Å². The summed E-state index contributed by atoms with van der Waals surface area (Å²) < 4.78 is 72.1. The second kappa shape index (κ2) is 10.4. The van der Waals surface area contributed by atoms with Crippen LogP contribution in [0, 0.1) is 0 Å². The summed E-state index contributed by atoms with van der Waals surface area (Å²) in [5.74, 6) is 0.343. The van der Waals surface area contributed by atoms with Crippen LogP contribution in [0.2, 0.25) is 0 Å². The summed E-state index contributed by atoms with van der Waals surface area (Å²) in [6, 6.07) is 15.7. The van der Waals surface area contributed by atoms with Gasteiger partial charge in [0.25, 0.3) is 0 Å². The van der Waals surface area contributed by atoms with E-state index in [9.17, 15) is 21.6 Å². The molecule has 2 fully saturated rings. The van der Waals surface area contributed by atoms with Crippen LogP contribution in [0.15, 0.2) is 65.7 Å². The van der Waals surface area contributed by atoms with Crippen LogP contribution in [0.1, 0.15) is 36.8 Å². The third kappa shape index (κ3) is 5.17. The highest BCUT2D eigenvalue weighted by molar-refractivity contribution is 7.89. The number of fused-ring (bicyclic) bond motifs is 2. The van der Waals surface area contributed by atoms with Crippen LogP contribution in [0.5, 0.6) is 0 Å². The second-order valence-electron chi connectivity index (χ2n) is 10.8. The molecule has 2 aromatic carbocycles. The number of benzene rings is 2. The molecule has 0 atom stereocenters. The summed E-state index contributed by atoms with van der Waals surface area (Å²) in [7, 11) is -3.67. The first-order valence-corrected chi connectivity index (χ1v) is 14.9. The maximum Gasteiger partial charge on any atom is 0.417 e. The van der Waals surface area contributed by atoms with Crippen molar-refractivity contribution in [1.29, 1.82) is 0 Å². The first kappa shape index (κ1) is 27.0. The molecule has 0 amide bonds. The lowest BCUT2D eigenvalue weighted by Crippen LogP contribution is -2.42. The monoisotopic (exact) mass is 572 g/mol. The van der Waals surface area contributed by atoms with E-state index >= 15 is 0 Å². The first-order valence-electron chi connectivity index (χ1n) is 13.5. The molecule has 3 aliphatic heterocycles. The van der Waals surface area contributed by atoms with Gasteiger partial charge in [-0.3, -0.25) is 0 Å². The Kier molecular flexibility index (Phi) is 7.00. The third-order valence-electron chi connectivity index (χ3n) is 8.38. The zero-order valence-electron chi connectivity index (χ0n) is 21.9. The molecule has 2 saturated heterocycles. The van der Waals surface area contributed by atoms with E-state index in [1.54, 1.807) is 12.1 Å². The topological polar surface area (TPSA) is 83.6 Å². The van der Waals surface area contributed by atoms with Crippen LogP contribution in [0.4, 0.5) is 24.7 Å². The average Bonchev–Trinajstić information content (AvgIpc) is 3.30. The van der Waals surface area contributed by atoms with Crippen molar-refractivity contribution in [2.24, 2.45) is 0 Å². The highest BCUT2D eigenvalue weighted by Crippen LogP contribution is 2.45. The van der Waals surface area contributed by atoms with Gasteiger partial charge in [-0.1, -0.05) is 18.2 Å². The number of halogens is 3. The number of alkyl halides is 3. The summed E-state index contributed by atoms with van der Waals surface area (Å²) in [6.07, 6.45) is -0.614. The van der Waals surface area contributed by atoms with Crippen molar-refractivity contribution in [2.75, 3.05) is 43.5 Å². The van der Waals surface area contributed by atoms with E-state index in [0.717, 1.165) is 61.7 Å². The van der Waals surface area contributed by atoms with E-state index in [1.165, 1.54) is 15.9 Å². The maximum atomic E-state index is 13.4. The largest absolute Gasteiger partial charge is 0.417 e. The molecule has 0 unspecified atom stereocenters. The first-order chi connectivity index (χ1) is 19.1. The number of nitrogens with zero attached hydrogens (tertiary/aromatic N) is 2. The van der Waals surface area contributed by atoms with Crippen molar-refractivity contribution in [3.05, 3.63) is 71.9 Å². The smallest absolute Gasteiger partial charge is 0.384 e. The van der Waals surface area contributed by atoms with Crippen LogP contribution in [0.3, 0.4) is 0 Å². The Morgan fingerprint density at radius 2 is 1.68 bits per heavy atom. The lowest BCUT2D eigenvalue weighted by Gasteiger charge is -2.33. The summed E-state index contributed by atoms with van der Waals surface area (Å²) in [4.78, 5) is 4.11. The molecule has 3 aliphatic rings. The number of hydrogen-bond acceptors (Lipinski definition) is 6. The number of rotatable bonds is 5. The zero-order valence-corrected chi connectivity index (χ0v) is 22.7. The SMILES string of the molecule is O=S(=O)(c1ccc(-c2ccc3c(c2)C2(CCOCC2)CN3)cc1)N1CCC(Nc2ccc(C(F)(F)F)cn2)CC1. The van der Waals surface area contributed by atoms with Crippen LogP contribution in [-0.2, 0) is 26.4 Å². The van der Waals surface area contributed by atoms with E-state index in [2.05, 4.69) is 33.8 Å². The fraction of sp³-hybridized carbons (Fsp3) is 0.414. The van der Waals surface area contributed by atoms with Crippen molar-refractivity contribution in [3.63, 3.8) is 0 Å². The molecule has 4 heterocycles. The molecule has 1 aromatic heterocycles. The van der Waals surface area contributed by atoms with Crippen molar-refractivity contribution < 1.29 is 26.3 Å². The Labute approximate surface area is 231 Å². The molecule has 0 radical (unpaired) electrons. The minimum absolute atomic E-state index is 0.0774. The lowest BCUT2D eigenvalue weighted by molar-refractivity contribution is -0.137. The van der Waals surface area contributed by atoms with Crippen molar-refractivity contribution in [1.82, 2.24) is 9.29 Å². The van der Waals surface area contributed by atoms with E-state index in [1.807, 2.05) is 12.1 Å². The van der Waals surface area contributed by atoms with E-state index in [0.29, 0.717) is 31.7 Å². The fourth-order valence-corrected chi connectivity index (χ4v) is 7.42. The number of nitrogens with one attached hydrogen (secondary N) is 2. The number of pyridine rings is 1. The molecule has 212 valence electrons. The molecule has 7 nitrogen and oxygen atoms in total. The molecular formula is C29H31F3N4O3S. The number of aromatic nitrogens is 1. The summed E-state index contributed by atoms with van der Waals surface area (Å²) in [6.45, 7) is 3.06. The molecule has 6 rings (SSSR count). The predicted molar refractivity (Wildman–Crippen MR) is 147 cm³/mol. The number of piperidine rings is 1. The highest BCUT2D eigenvalue weighted by atomic mass is 32.2.